The molecule has 16 heavy (non-hydrogen) atoms. The Bertz CT molecular complexity index is 414. The number of hydrogen-bond donors (Lipinski definition) is 1. The molecule has 1 saturated heterocycles. The molecule has 0 atom stereocenters. The first-order valence-corrected chi connectivity index (χ1v) is 6.06. The molecule has 1 aromatic rings. The highest BCUT2D eigenvalue weighted by atomic mass is 32.1. The summed E-state index contributed by atoms with van der Waals surface area (Å²) in [6, 6.07) is 4.08. The van der Waals surface area contributed by atoms with Crippen molar-refractivity contribution in [2.24, 2.45) is 0 Å². The van der Waals surface area contributed by atoms with Crippen LogP contribution in [0.1, 0.15) is 16.2 Å². The number of aryl methyl sites for hydroxylation is 1. The van der Waals surface area contributed by atoms with Crippen LogP contribution in [0.5, 0.6) is 0 Å². The van der Waals surface area contributed by atoms with E-state index in [1.807, 2.05) is 19.1 Å². The second kappa shape index (κ2) is 4.65. The Morgan fingerprint density at radius 3 is 2.94 bits per heavy atom. The second-order valence-electron chi connectivity index (χ2n) is 3.85. The van der Waals surface area contributed by atoms with Gasteiger partial charge in [0.1, 0.15) is 0 Å². The largest absolute Gasteiger partial charge is 0.347 e. The maximum absolute atomic E-state index is 11.7. The lowest BCUT2D eigenvalue weighted by molar-refractivity contribution is -0.130. The average Bonchev–Trinajstić information content (AvgIpc) is 2.59. The molecule has 5 heteroatoms. The molecule has 0 saturated carbocycles. The van der Waals surface area contributed by atoms with Gasteiger partial charge in [-0.1, -0.05) is 0 Å². The number of carbonyl (C=O) groups excluding carboxylic acids is 2. The number of rotatable bonds is 2. The van der Waals surface area contributed by atoms with Crippen molar-refractivity contribution in [3.05, 3.63) is 21.9 Å². The zero-order chi connectivity index (χ0) is 11.5. The predicted octanol–water partition coefficient (Wildman–Crippen LogP) is 0.905. The molecule has 0 unspecified atom stereocenters. The van der Waals surface area contributed by atoms with Crippen molar-refractivity contribution in [3.8, 4) is 0 Å². The van der Waals surface area contributed by atoms with Crippen LogP contribution in [-0.2, 0) is 16.1 Å². The summed E-state index contributed by atoms with van der Waals surface area (Å²) in [5.74, 6) is -0.0462. The van der Waals surface area contributed by atoms with Crippen molar-refractivity contribution in [1.29, 1.82) is 0 Å². The van der Waals surface area contributed by atoms with Gasteiger partial charge in [-0.2, -0.15) is 0 Å². The maximum Gasteiger partial charge on any atom is 0.242 e. The van der Waals surface area contributed by atoms with Crippen LogP contribution in [0, 0.1) is 6.92 Å². The zero-order valence-corrected chi connectivity index (χ0v) is 9.97. The Kier molecular flexibility index (Phi) is 3.24. The molecular weight excluding hydrogens is 224 g/mol. The van der Waals surface area contributed by atoms with Gasteiger partial charge >= 0.3 is 0 Å². The molecule has 1 aliphatic rings. The zero-order valence-electron chi connectivity index (χ0n) is 9.16. The molecule has 0 bridgehead atoms. The molecule has 0 aliphatic carbocycles. The van der Waals surface area contributed by atoms with Gasteiger partial charge in [0.25, 0.3) is 0 Å². The summed E-state index contributed by atoms with van der Waals surface area (Å²) < 4.78 is 0. The molecule has 2 rings (SSSR count). The number of thiophene rings is 1. The Hall–Kier alpha value is -1.36. The Morgan fingerprint density at radius 1 is 1.44 bits per heavy atom. The Balaban J connectivity index is 2.02. The van der Waals surface area contributed by atoms with Crippen LogP contribution in [0.4, 0.5) is 0 Å². The van der Waals surface area contributed by atoms with Gasteiger partial charge in [0.05, 0.1) is 13.1 Å². The van der Waals surface area contributed by atoms with Crippen LogP contribution in [0.3, 0.4) is 0 Å². The van der Waals surface area contributed by atoms with Crippen molar-refractivity contribution in [2.45, 2.75) is 19.9 Å². The predicted molar refractivity (Wildman–Crippen MR) is 62.1 cm³/mol. The van der Waals surface area contributed by atoms with Gasteiger partial charge < -0.3 is 10.2 Å². The highest BCUT2D eigenvalue weighted by Crippen LogP contribution is 2.17. The summed E-state index contributed by atoms with van der Waals surface area (Å²) >= 11 is 1.69. The lowest BCUT2D eigenvalue weighted by Crippen LogP contribution is -2.34. The number of hydrogen-bond acceptors (Lipinski definition) is 3. The monoisotopic (exact) mass is 238 g/mol. The molecule has 86 valence electrons. The van der Waals surface area contributed by atoms with Crippen molar-refractivity contribution in [1.82, 2.24) is 10.2 Å². The van der Waals surface area contributed by atoms with Crippen molar-refractivity contribution in [2.75, 3.05) is 13.1 Å². The third kappa shape index (κ3) is 2.61. The lowest BCUT2D eigenvalue weighted by Gasteiger charge is -2.18. The summed E-state index contributed by atoms with van der Waals surface area (Å²) in [7, 11) is 0. The van der Waals surface area contributed by atoms with Crippen LogP contribution in [0.2, 0.25) is 0 Å². The number of nitrogens with one attached hydrogen (secondary N) is 1. The number of nitrogens with zero attached hydrogens (tertiary/aromatic N) is 1. The highest BCUT2D eigenvalue weighted by Gasteiger charge is 2.20. The first kappa shape index (κ1) is 11.1. The van der Waals surface area contributed by atoms with E-state index in [4.69, 9.17) is 0 Å². The molecule has 2 heterocycles. The molecule has 4 nitrogen and oxygen atoms in total. The molecule has 0 radical (unpaired) electrons. The van der Waals surface area contributed by atoms with E-state index in [0.717, 1.165) is 0 Å². The van der Waals surface area contributed by atoms with E-state index in [2.05, 4.69) is 5.32 Å². The van der Waals surface area contributed by atoms with E-state index in [1.54, 1.807) is 16.2 Å². The summed E-state index contributed by atoms with van der Waals surface area (Å²) in [5.41, 5.74) is 0. The van der Waals surface area contributed by atoms with Crippen molar-refractivity contribution >= 4 is 23.2 Å². The topological polar surface area (TPSA) is 49.4 Å². The Morgan fingerprint density at radius 2 is 2.25 bits per heavy atom. The first-order valence-electron chi connectivity index (χ1n) is 5.25. The van der Waals surface area contributed by atoms with Gasteiger partial charge in [-0.15, -0.1) is 11.3 Å². The third-order valence-electron chi connectivity index (χ3n) is 2.54. The van der Waals surface area contributed by atoms with Gasteiger partial charge in [-0.05, 0) is 19.1 Å². The van der Waals surface area contributed by atoms with E-state index < -0.39 is 0 Å². The highest BCUT2D eigenvalue weighted by molar-refractivity contribution is 7.11. The minimum Gasteiger partial charge on any atom is -0.347 e. The van der Waals surface area contributed by atoms with Crippen LogP contribution < -0.4 is 5.32 Å². The van der Waals surface area contributed by atoms with Gasteiger partial charge in [-0.25, -0.2) is 0 Å². The van der Waals surface area contributed by atoms with Gasteiger partial charge in [0, 0.05) is 22.7 Å². The van der Waals surface area contributed by atoms with Gasteiger partial charge in [0.15, 0.2) is 0 Å². The number of amides is 2. The van der Waals surface area contributed by atoms with E-state index in [9.17, 15) is 9.59 Å². The minimum absolute atomic E-state index is 0.00287. The molecule has 1 fully saturated rings. The van der Waals surface area contributed by atoms with Gasteiger partial charge in [-0.3, -0.25) is 9.59 Å². The fourth-order valence-electron chi connectivity index (χ4n) is 1.66. The molecule has 0 aromatic carbocycles. The maximum atomic E-state index is 11.7. The summed E-state index contributed by atoms with van der Waals surface area (Å²) in [5, 5.41) is 2.59. The summed E-state index contributed by atoms with van der Waals surface area (Å²) in [4.78, 5) is 27.0. The molecular formula is C11H14N2O2S. The molecule has 1 aliphatic heterocycles. The SMILES string of the molecule is Cc1ccc(CN2CCC(=O)NCC2=O)s1. The summed E-state index contributed by atoms with van der Waals surface area (Å²) in [6.45, 7) is 3.31. The number of carbonyl (C=O) groups is 2. The van der Waals surface area contributed by atoms with Crippen LogP contribution >= 0.6 is 11.3 Å². The van der Waals surface area contributed by atoms with Gasteiger partial charge in [0.2, 0.25) is 11.8 Å². The molecule has 0 spiro atoms. The van der Waals surface area contributed by atoms with E-state index >= 15 is 0 Å². The quantitative estimate of drug-likeness (QED) is 0.832. The Labute approximate surface area is 98.3 Å². The van der Waals surface area contributed by atoms with E-state index in [-0.39, 0.29) is 18.4 Å². The van der Waals surface area contributed by atoms with E-state index in [1.165, 1.54) is 9.75 Å². The molecule has 2 amide bonds. The second-order valence-corrected chi connectivity index (χ2v) is 5.23. The molecule has 1 N–H and O–H groups in total. The standard InChI is InChI=1S/C11H14N2O2S/c1-8-2-3-9(16-8)7-13-5-4-10(14)12-6-11(13)15/h2-3H,4-7H2,1H3,(H,12,14). The lowest BCUT2D eigenvalue weighted by atomic mass is 10.3. The van der Waals surface area contributed by atoms with Crippen molar-refractivity contribution < 1.29 is 9.59 Å². The third-order valence-corrected chi connectivity index (χ3v) is 3.53. The normalized spacial score (nSPS) is 17.2. The fourth-order valence-corrected chi connectivity index (χ4v) is 2.57. The fraction of sp³-hybridized carbons (Fsp3) is 0.455. The minimum atomic E-state index is -0.0433. The average molecular weight is 238 g/mol. The smallest absolute Gasteiger partial charge is 0.242 e. The van der Waals surface area contributed by atoms with Crippen LogP contribution in [0.15, 0.2) is 12.1 Å². The van der Waals surface area contributed by atoms with E-state index in [0.29, 0.717) is 19.5 Å². The molecule has 1 aromatic heterocycles. The first-order chi connectivity index (χ1) is 7.65. The van der Waals surface area contributed by atoms with Crippen LogP contribution in [-0.4, -0.2) is 29.8 Å². The van der Waals surface area contributed by atoms with Crippen LogP contribution in [0.25, 0.3) is 0 Å². The summed E-state index contributed by atoms with van der Waals surface area (Å²) in [6.07, 6.45) is 0.399. The van der Waals surface area contributed by atoms with Crippen molar-refractivity contribution in [3.63, 3.8) is 0 Å².